The molecule has 0 atom stereocenters. The Hall–Kier alpha value is -1.37. The van der Waals surface area contributed by atoms with Crippen LogP contribution in [-0.2, 0) is 0 Å². The molecule has 1 aliphatic rings. The lowest BCUT2D eigenvalue weighted by Crippen LogP contribution is -2.28. The summed E-state index contributed by atoms with van der Waals surface area (Å²) in [6.07, 6.45) is 2.08. The van der Waals surface area contributed by atoms with Crippen molar-refractivity contribution in [1.29, 1.82) is 0 Å². The standard InChI is InChI=1S/C15H15BrN4O.ClH/c16-11-3-1-2-10-14(11)19-20-12(8-13(21)18-15(10)20)9-4-6-17-7-5-9;/h1-3,8-9,17H,4-7H2,(H,18,21);1H. The van der Waals surface area contributed by atoms with Crippen LogP contribution in [0.4, 0.5) is 0 Å². The van der Waals surface area contributed by atoms with Gasteiger partial charge < -0.3 is 10.3 Å². The fourth-order valence-corrected chi connectivity index (χ4v) is 3.58. The number of H-pyrrole nitrogens is 1. The van der Waals surface area contributed by atoms with Crippen LogP contribution in [0.15, 0.2) is 33.5 Å². The van der Waals surface area contributed by atoms with Gasteiger partial charge in [0.25, 0.3) is 5.56 Å². The number of aromatic amines is 1. The van der Waals surface area contributed by atoms with Crippen molar-refractivity contribution in [2.75, 3.05) is 13.1 Å². The zero-order chi connectivity index (χ0) is 14.4. The molecule has 22 heavy (non-hydrogen) atoms. The highest BCUT2D eigenvalue weighted by molar-refractivity contribution is 9.10. The summed E-state index contributed by atoms with van der Waals surface area (Å²) in [7, 11) is 0. The summed E-state index contributed by atoms with van der Waals surface area (Å²) >= 11 is 3.54. The van der Waals surface area contributed by atoms with Gasteiger partial charge in [0.1, 0.15) is 11.2 Å². The van der Waals surface area contributed by atoms with Crippen LogP contribution in [0.3, 0.4) is 0 Å². The highest BCUT2D eigenvalue weighted by atomic mass is 79.9. The predicted molar refractivity (Wildman–Crippen MR) is 93.1 cm³/mol. The molecule has 2 aromatic heterocycles. The number of halogens is 2. The summed E-state index contributed by atoms with van der Waals surface area (Å²) in [6, 6.07) is 7.62. The molecule has 0 aliphatic carbocycles. The number of nitrogens with zero attached hydrogens (tertiary/aromatic N) is 2. The molecular weight excluding hydrogens is 368 g/mol. The molecule has 0 bridgehead atoms. The van der Waals surface area contributed by atoms with Crippen LogP contribution in [0.25, 0.3) is 16.6 Å². The van der Waals surface area contributed by atoms with Gasteiger partial charge in [-0.2, -0.15) is 5.10 Å². The van der Waals surface area contributed by atoms with Crippen LogP contribution in [0.2, 0.25) is 0 Å². The van der Waals surface area contributed by atoms with Gasteiger partial charge in [-0.3, -0.25) is 4.79 Å². The van der Waals surface area contributed by atoms with E-state index in [4.69, 9.17) is 5.10 Å². The highest BCUT2D eigenvalue weighted by Crippen LogP contribution is 2.29. The topological polar surface area (TPSA) is 62.2 Å². The number of hydrogen-bond acceptors (Lipinski definition) is 3. The molecule has 0 saturated carbocycles. The Kier molecular flexibility index (Phi) is 4.25. The van der Waals surface area contributed by atoms with E-state index in [9.17, 15) is 4.79 Å². The van der Waals surface area contributed by atoms with Crippen molar-refractivity contribution < 1.29 is 0 Å². The zero-order valence-electron chi connectivity index (χ0n) is 11.8. The number of benzene rings is 1. The van der Waals surface area contributed by atoms with Crippen molar-refractivity contribution in [2.24, 2.45) is 0 Å². The SMILES string of the molecule is Cl.O=c1cc(C2CCNCC2)n2nc3c(Br)cccc3c2[nH]1. The van der Waals surface area contributed by atoms with Crippen molar-refractivity contribution in [3.05, 3.63) is 44.8 Å². The Morgan fingerprint density at radius 1 is 1.27 bits per heavy atom. The Balaban J connectivity index is 0.00000144. The van der Waals surface area contributed by atoms with Gasteiger partial charge in [-0.25, -0.2) is 4.52 Å². The monoisotopic (exact) mass is 382 g/mol. The lowest BCUT2D eigenvalue weighted by molar-refractivity contribution is 0.446. The van der Waals surface area contributed by atoms with Crippen LogP contribution in [0, 0.1) is 0 Å². The van der Waals surface area contributed by atoms with Gasteiger partial charge in [-0.1, -0.05) is 6.07 Å². The normalized spacial score (nSPS) is 16.0. The molecule has 1 aromatic carbocycles. The minimum absolute atomic E-state index is 0. The third-order valence-corrected chi connectivity index (χ3v) is 4.82. The molecule has 2 N–H and O–H groups in total. The highest BCUT2D eigenvalue weighted by Gasteiger charge is 2.20. The molecule has 116 valence electrons. The van der Waals surface area contributed by atoms with Gasteiger partial charge >= 0.3 is 0 Å². The van der Waals surface area contributed by atoms with Crippen molar-refractivity contribution in [3.8, 4) is 0 Å². The van der Waals surface area contributed by atoms with E-state index in [1.807, 2.05) is 22.7 Å². The van der Waals surface area contributed by atoms with Crippen molar-refractivity contribution in [3.63, 3.8) is 0 Å². The molecule has 0 radical (unpaired) electrons. The van der Waals surface area contributed by atoms with E-state index < -0.39 is 0 Å². The maximum Gasteiger partial charge on any atom is 0.251 e. The van der Waals surface area contributed by atoms with Crippen LogP contribution in [0.5, 0.6) is 0 Å². The van der Waals surface area contributed by atoms with Crippen LogP contribution >= 0.6 is 28.3 Å². The molecule has 1 aliphatic heterocycles. The Labute approximate surface area is 141 Å². The number of fused-ring (bicyclic) bond motifs is 3. The summed E-state index contributed by atoms with van der Waals surface area (Å²) in [5, 5.41) is 9.04. The predicted octanol–water partition coefficient (Wildman–Crippen LogP) is 2.83. The van der Waals surface area contributed by atoms with Crippen LogP contribution in [0.1, 0.15) is 24.5 Å². The maximum atomic E-state index is 12.0. The van der Waals surface area contributed by atoms with Gasteiger partial charge in [0, 0.05) is 21.8 Å². The molecule has 0 spiro atoms. The lowest BCUT2D eigenvalue weighted by atomic mass is 9.94. The maximum absolute atomic E-state index is 12.0. The van der Waals surface area contributed by atoms with Crippen LogP contribution in [-0.4, -0.2) is 27.7 Å². The van der Waals surface area contributed by atoms with Gasteiger partial charge in [0.05, 0.1) is 5.69 Å². The van der Waals surface area contributed by atoms with Crippen LogP contribution < -0.4 is 10.9 Å². The molecule has 5 nitrogen and oxygen atoms in total. The third-order valence-electron chi connectivity index (χ3n) is 4.18. The summed E-state index contributed by atoms with van der Waals surface area (Å²) in [4.78, 5) is 15.0. The first-order valence-corrected chi connectivity index (χ1v) is 7.94. The average Bonchev–Trinajstić information content (AvgIpc) is 2.88. The molecule has 3 aromatic rings. The minimum atomic E-state index is -0.0576. The second-order valence-corrected chi connectivity index (χ2v) is 6.33. The third kappa shape index (κ3) is 2.45. The van der Waals surface area contributed by atoms with E-state index in [0.29, 0.717) is 5.92 Å². The molecule has 0 amide bonds. The van der Waals surface area contributed by atoms with Gasteiger partial charge in [0.2, 0.25) is 0 Å². The Bertz CT molecular complexity index is 882. The van der Waals surface area contributed by atoms with Crippen molar-refractivity contribution in [1.82, 2.24) is 19.9 Å². The van der Waals surface area contributed by atoms with Crippen molar-refractivity contribution in [2.45, 2.75) is 18.8 Å². The molecule has 7 heteroatoms. The zero-order valence-corrected chi connectivity index (χ0v) is 14.2. The van der Waals surface area contributed by atoms with E-state index in [0.717, 1.165) is 52.6 Å². The summed E-state index contributed by atoms with van der Waals surface area (Å²) in [6.45, 7) is 1.98. The first-order chi connectivity index (χ1) is 10.2. The van der Waals surface area contributed by atoms with E-state index in [2.05, 4.69) is 26.2 Å². The number of rotatable bonds is 1. The molecule has 1 fully saturated rings. The number of piperidine rings is 1. The minimum Gasteiger partial charge on any atom is -0.317 e. The van der Waals surface area contributed by atoms with E-state index >= 15 is 0 Å². The van der Waals surface area contributed by atoms with Gasteiger partial charge in [0.15, 0.2) is 0 Å². The van der Waals surface area contributed by atoms with Gasteiger partial charge in [-0.15, -0.1) is 12.4 Å². The number of nitrogens with one attached hydrogen (secondary N) is 2. The molecule has 3 heterocycles. The Morgan fingerprint density at radius 2 is 2.05 bits per heavy atom. The summed E-state index contributed by atoms with van der Waals surface area (Å²) < 4.78 is 2.85. The Morgan fingerprint density at radius 3 is 2.82 bits per heavy atom. The number of hydrogen-bond donors (Lipinski definition) is 2. The van der Waals surface area contributed by atoms with E-state index in [1.165, 1.54) is 0 Å². The molecule has 1 saturated heterocycles. The summed E-state index contributed by atoms with van der Waals surface area (Å²) in [5.41, 5.74) is 2.62. The van der Waals surface area contributed by atoms with E-state index in [1.54, 1.807) is 6.07 Å². The first kappa shape index (κ1) is 15.5. The lowest BCUT2D eigenvalue weighted by Gasteiger charge is -2.23. The first-order valence-electron chi connectivity index (χ1n) is 7.15. The second-order valence-electron chi connectivity index (χ2n) is 5.48. The fourth-order valence-electron chi connectivity index (χ4n) is 3.14. The quantitative estimate of drug-likeness (QED) is 0.679. The van der Waals surface area contributed by atoms with Crippen molar-refractivity contribution >= 4 is 44.9 Å². The average molecular weight is 384 g/mol. The molecular formula is C15H16BrClN4O. The molecule has 4 rings (SSSR count). The fraction of sp³-hybridized carbons (Fsp3) is 0.333. The summed E-state index contributed by atoms with van der Waals surface area (Å²) in [5.74, 6) is 0.379. The van der Waals surface area contributed by atoms with E-state index in [-0.39, 0.29) is 18.0 Å². The van der Waals surface area contributed by atoms with Gasteiger partial charge in [-0.05, 0) is 54.0 Å². The molecule has 0 unspecified atom stereocenters. The number of aromatic nitrogens is 3. The smallest absolute Gasteiger partial charge is 0.251 e. The largest absolute Gasteiger partial charge is 0.317 e. The second kappa shape index (κ2) is 6.02.